The molecular formula is C23H26ClFN2O4. The van der Waals surface area contributed by atoms with Crippen molar-refractivity contribution in [3.8, 4) is 11.5 Å². The molecule has 1 saturated heterocycles. The van der Waals surface area contributed by atoms with Crippen LogP contribution in [0.2, 0.25) is 5.02 Å². The van der Waals surface area contributed by atoms with Crippen LogP contribution >= 0.6 is 11.6 Å². The minimum Gasteiger partial charge on any atom is -0.444 e. The number of nitrogens with zero attached hydrogens (tertiary/aromatic N) is 2. The summed E-state index contributed by atoms with van der Waals surface area (Å²) in [7, 11) is 0. The fraction of sp³-hybridized carbons (Fsp3) is 0.435. The zero-order chi connectivity index (χ0) is 22.4. The maximum absolute atomic E-state index is 14.6. The SMILES string of the molecule is CC(C)(C)OC(=O)N1CCN(c2cccc3c2O[C@@](C)(c2ccc(Cl)cc2F)O3)CC1. The second-order valence-corrected chi connectivity index (χ2v) is 9.27. The predicted molar refractivity (Wildman–Crippen MR) is 116 cm³/mol. The van der Waals surface area contributed by atoms with Crippen LogP contribution in [0.1, 0.15) is 33.3 Å². The van der Waals surface area contributed by atoms with Gasteiger partial charge in [0.15, 0.2) is 11.5 Å². The van der Waals surface area contributed by atoms with Gasteiger partial charge in [0, 0.05) is 38.1 Å². The molecule has 0 aliphatic carbocycles. The Labute approximate surface area is 186 Å². The molecule has 0 radical (unpaired) electrons. The maximum Gasteiger partial charge on any atom is 0.410 e. The standard InChI is InChI=1S/C23H26ClFN2O4/c1-22(2,3)31-21(28)27-12-10-26(11-13-27)18-6-5-7-19-20(18)30-23(4,29-19)16-9-8-15(24)14-17(16)25/h5-9,14H,10-13H2,1-4H3/t23-/m0/s1. The Kier molecular flexibility index (Phi) is 5.41. The summed E-state index contributed by atoms with van der Waals surface area (Å²) < 4.78 is 32.2. The van der Waals surface area contributed by atoms with E-state index in [4.69, 9.17) is 25.8 Å². The number of rotatable bonds is 2. The molecule has 0 unspecified atom stereocenters. The van der Waals surface area contributed by atoms with Gasteiger partial charge in [0.25, 0.3) is 5.79 Å². The Morgan fingerprint density at radius 3 is 2.48 bits per heavy atom. The van der Waals surface area contributed by atoms with Crippen LogP contribution in [-0.4, -0.2) is 42.8 Å². The highest BCUT2D eigenvalue weighted by atomic mass is 35.5. The normalized spacial score (nSPS) is 20.7. The lowest BCUT2D eigenvalue weighted by Gasteiger charge is -2.37. The van der Waals surface area contributed by atoms with E-state index in [0.29, 0.717) is 42.7 Å². The average molecular weight is 449 g/mol. The molecule has 2 aliphatic rings. The highest BCUT2D eigenvalue weighted by Gasteiger charge is 2.43. The quantitative estimate of drug-likeness (QED) is 0.633. The van der Waals surface area contributed by atoms with E-state index in [-0.39, 0.29) is 11.7 Å². The van der Waals surface area contributed by atoms with Gasteiger partial charge in [-0.2, -0.15) is 0 Å². The van der Waals surface area contributed by atoms with Gasteiger partial charge in [-0.1, -0.05) is 17.7 Å². The van der Waals surface area contributed by atoms with E-state index in [1.165, 1.54) is 6.07 Å². The van der Waals surface area contributed by atoms with Crippen LogP contribution in [0.15, 0.2) is 36.4 Å². The van der Waals surface area contributed by atoms with Crippen LogP contribution in [0, 0.1) is 5.82 Å². The predicted octanol–water partition coefficient (Wildman–Crippen LogP) is 5.18. The molecule has 4 rings (SSSR count). The molecule has 2 aromatic carbocycles. The Balaban J connectivity index is 1.51. The first kappa shape index (κ1) is 21.6. The van der Waals surface area contributed by atoms with Crippen LogP contribution in [0.3, 0.4) is 0 Å². The van der Waals surface area contributed by atoms with Crippen molar-refractivity contribution in [2.45, 2.75) is 39.1 Å². The van der Waals surface area contributed by atoms with Crippen molar-refractivity contribution in [3.63, 3.8) is 0 Å². The number of para-hydroxylation sites is 1. The maximum atomic E-state index is 14.6. The molecule has 0 spiro atoms. The van der Waals surface area contributed by atoms with Gasteiger partial charge in [-0.15, -0.1) is 0 Å². The van der Waals surface area contributed by atoms with Gasteiger partial charge in [-0.05, 0) is 51.1 Å². The van der Waals surface area contributed by atoms with Gasteiger partial charge in [0.05, 0.1) is 11.3 Å². The Bertz CT molecular complexity index is 1000. The second-order valence-electron chi connectivity index (χ2n) is 8.83. The van der Waals surface area contributed by atoms with E-state index in [0.717, 1.165) is 5.69 Å². The number of benzene rings is 2. The summed E-state index contributed by atoms with van der Waals surface area (Å²) in [5.74, 6) is -0.685. The van der Waals surface area contributed by atoms with Gasteiger partial charge in [0.1, 0.15) is 11.4 Å². The number of fused-ring (bicyclic) bond motifs is 1. The first-order valence-corrected chi connectivity index (χ1v) is 10.6. The summed E-state index contributed by atoms with van der Waals surface area (Å²) >= 11 is 5.89. The Morgan fingerprint density at radius 2 is 1.84 bits per heavy atom. The number of halogens is 2. The number of carbonyl (C=O) groups is 1. The topological polar surface area (TPSA) is 51.2 Å². The number of amides is 1. The van der Waals surface area contributed by atoms with Crippen molar-refractivity contribution in [1.82, 2.24) is 4.90 Å². The fourth-order valence-electron chi connectivity index (χ4n) is 3.79. The van der Waals surface area contributed by atoms with Crippen LogP contribution in [0.5, 0.6) is 11.5 Å². The fourth-order valence-corrected chi connectivity index (χ4v) is 3.94. The zero-order valence-corrected chi connectivity index (χ0v) is 18.8. The molecule has 1 amide bonds. The Hall–Kier alpha value is -2.67. The minimum absolute atomic E-state index is 0.272. The molecule has 166 valence electrons. The molecule has 0 saturated carbocycles. The highest BCUT2D eigenvalue weighted by molar-refractivity contribution is 6.30. The van der Waals surface area contributed by atoms with Crippen molar-refractivity contribution < 1.29 is 23.4 Å². The van der Waals surface area contributed by atoms with Crippen LogP contribution in [0.4, 0.5) is 14.9 Å². The van der Waals surface area contributed by atoms with E-state index in [9.17, 15) is 9.18 Å². The lowest BCUT2D eigenvalue weighted by atomic mass is 10.1. The van der Waals surface area contributed by atoms with Gasteiger partial charge >= 0.3 is 6.09 Å². The molecule has 1 atom stereocenters. The summed E-state index contributed by atoms with van der Waals surface area (Å²) in [5, 5.41) is 0.309. The third-order valence-corrected chi connectivity index (χ3v) is 5.49. The number of ether oxygens (including phenoxy) is 3. The molecule has 8 heteroatoms. The Morgan fingerprint density at radius 1 is 1.13 bits per heavy atom. The highest BCUT2D eigenvalue weighted by Crippen LogP contribution is 2.49. The molecule has 1 fully saturated rings. The van der Waals surface area contributed by atoms with Crippen molar-refractivity contribution in [3.05, 3.63) is 52.8 Å². The van der Waals surface area contributed by atoms with Gasteiger partial charge in [-0.25, -0.2) is 9.18 Å². The van der Waals surface area contributed by atoms with Gasteiger partial charge < -0.3 is 24.0 Å². The minimum atomic E-state index is -1.30. The molecule has 0 N–H and O–H groups in total. The molecule has 2 aromatic rings. The smallest absolute Gasteiger partial charge is 0.410 e. The number of piperazine rings is 1. The summed E-state index contributed by atoms with van der Waals surface area (Å²) in [6.45, 7) is 9.54. The first-order chi connectivity index (χ1) is 14.6. The van der Waals surface area contributed by atoms with Crippen LogP contribution < -0.4 is 14.4 Å². The van der Waals surface area contributed by atoms with Crippen molar-refractivity contribution >= 4 is 23.4 Å². The summed E-state index contributed by atoms with van der Waals surface area (Å²) in [6.07, 6.45) is -0.309. The molecule has 0 aromatic heterocycles. The summed E-state index contributed by atoms with van der Waals surface area (Å²) in [5.41, 5.74) is 0.592. The number of carbonyl (C=O) groups excluding carboxylic acids is 1. The molecule has 2 heterocycles. The monoisotopic (exact) mass is 448 g/mol. The van der Waals surface area contributed by atoms with E-state index in [1.54, 1.807) is 30.0 Å². The van der Waals surface area contributed by atoms with Crippen LogP contribution in [0.25, 0.3) is 0 Å². The molecule has 6 nitrogen and oxygen atoms in total. The van der Waals surface area contributed by atoms with Crippen molar-refractivity contribution in [2.24, 2.45) is 0 Å². The average Bonchev–Trinajstić information content (AvgIpc) is 3.03. The zero-order valence-electron chi connectivity index (χ0n) is 18.1. The molecule has 0 bridgehead atoms. The van der Waals surface area contributed by atoms with Gasteiger partial charge in [-0.3, -0.25) is 0 Å². The third-order valence-electron chi connectivity index (χ3n) is 5.25. The van der Waals surface area contributed by atoms with Crippen molar-refractivity contribution in [2.75, 3.05) is 31.1 Å². The van der Waals surface area contributed by atoms with Crippen molar-refractivity contribution in [1.29, 1.82) is 0 Å². The molecule has 2 aliphatic heterocycles. The first-order valence-electron chi connectivity index (χ1n) is 10.3. The largest absolute Gasteiger partial charge is 0.444 e. The van der Waals surface area contributed by atoms with E-state index in [1.807, 2.05) is 32.9 Å². The van der Waals surface area contributed by atoms with Crippen LogP contribution in [-0.2, 0) is 10.5 Å². The summed E-state index contributed by atoms with van der Waals surface area (Å²) in [4.78, 5) is 16.2. The summed E-state index contributed by atoms with van der Waals surface area (Å²) in [6, 6.07) is 10.0. The third kappa shape index (κ3) is 4.37. The molecule has 31 heavy (non-hydrogen) atoms. The number of hydrogen-bond donors (Lipinski definition) is 0. The van der Waals surface area contributed by atoms with E-state index < -0.39 is 17.2 Å². The second kappa shape index (κ2) is 7.79. The van der Waals surface area contributed by atoms with E-state index in [2.05, 4.69) is 4.90 Å². The van der Waals surface area contributed by atoms with E-state index >= 15 is 0 Å². The lowest BCUT2D eigenvalue weighted by molar-refractivity contribution is -0.0705. The number of anilines is 1. The lowest BCUT2D eigenvalue weighted by Crippen LogP contribution is -2.50. The molecular weight excluding hydrogens is 423 g/mol. The van der Waals surface area contributed by atoms with Gasteiger partial charge in [0.2, 0.25) is 0 Å². The number of hydrogen-bond acceptors (Lipinski definition) is 5.